The molecule has 1 amide bonds. The first-order valence-corrected chi connectivity index (χ1v) is 3.57. The van der Waals surface area contributed by atoms with Crippen molar-refractivity contribution in [1.29, 1.82) is 5.26 Å². The first kappa shape index (κ1) is 9.98. The van der Waals surface area contributed by atoms with E-state index in [2.05, 4.69) is 17.9 Å². The summed E-state index contributed by atoms with van der Waals surface area (Å²) in [5.74, 6) is -0.800. The molecule has 0 aliphatic rings. The highest BCUT2D eigenvalue weighted by molar-refractivity contribution is 7.80. The van der Waals surface area contributed by atoms with Crippen LogP contribution in [0.15, 0.2) is 0 Å². The van der Waals surface area contributed by atoms with E-state index in [9.17, 15) is 9.59 Å². The van der Waals surface area contributed by atoms with Crippen LogP contribution in [0.2, 0.25) is 0 Å². The molecule has 0 rings (SSSR count). The highest BCUT2D eigenvalue weighted by Crippen LogP contribution is 1.88. The number of nitrogens with zero attached hydrogens (tertiary/aromatic N) is 1. The summed E-state index contributed by atoms with van der Waals surface area (Å²) in [5, 5.41) is 10.3. The third-order valence-electron chi connectivity index (χ3n) is 1.08. The van der Waals surface area contributed by atoms with Gasteiger partial charge >= 0.3 is 5.91 Å². The summed E-state index contributed by atoms with van der Waals surface area (Å²) in [5.41, 5.74) is 0. The number of carbonyl (C=O) groups is 2. The van der Waals surface area contributed by atoms with E-state index in [1.54, 1.807) is 0 Å². The molecule has 0 unspecified atom stereocenters. The zero-order chi connectivity index (χ0) is 8.85. The van der Waals surface area contributed by atoms with E-state index in [1.165, 1.54) is 13.0 Å². The normalized spacial score (nSPS) is 11.4. The first-order chi connectivity index (χ1) is 5.11. The van der Waals surface area contributed by atoms with Gasteiger partial charge in [0, 0.05) is 5.75 Å². The SMILES string of the molecule is CC(=O)[C@H](CS)NC(=O)C#N. The quantitative estimate of drug-likeness (QED) is 0.446. The van der Waals surface area contributed by atoms with Crippen LogP contribution >= 0.6 is 12.6 Å². The van der Waals surface area contributed by atoms with Crippen molar-refractivity contribution in [1.82, 2.24) is 5.32 Å². The van der Waals surface area contributed by atoms with Crippen LogP contribution in [-0.2, 0) is 9.59 Å². The molecule has 0 radical (unpaired) electrons. The van der Waals surface area contributed by atoms with Gasteiger partial charge in [-0.3, -0.25) is 9.59 Å². The fraction of sp³-hybridized carbons (Fsp3) is 0.500. The highest BCUT2D eigenvalue weighted by Gasteiger charge is 2.13. The summed E-state index contributed by atoms with van der Waals surface area (Å²) >= 11 is 3.82. The molecule has 60 valence electrons. The lowest BCUT2D eigenvalue weighted by Gasteiger charge is -2.08. The summed E-state index contributed by atoms with van der Waals surface area (Å²) in [6, 6.07) is 0.701. The van der Waals surface area contributed by atoms with Crippen LogP contribution in [0.5, 0.6) is 0 Å². The molecule has 0 aliphatic heterocycles. The van der Waals surface area contributed by atoms with Gasteiger partial charge in [-0.05, 0) is 6.92 Å². The van der Waals surface area contributed by atoms with Gasteiger partial charge < -0.3 is 5.32 Å². The lowest BCUT2D eigenvalue weighted by molar-refractivity contribution is -0.123. The molecule has 0 spiro atoms. The maximum atomic E-state index is 10.7. The van der Waals surface area contributed by atoms with Crippen LogP contribution in [0.3, 0.4) is 0 Å². The number of nitriles is 1. The number of nitrogens with one attached hydrogen (secondary N) is 1. The Morgan fingerprint density at radius 1 is 1.73 bits per heavy atom. The van der Waals surface area contributed by atoms with Crippen LogP contribution in [0, 0.1) is 11.3 Å². The number of thiol groups is 1. The third-order valence-corrected chi connectivity index (χ3v) is 1.45. The fourth-order valence-corrected chi connectivity index (χ4v) is 0.815. The molecule has 0 aromatic heterocycles. The van der Waals surface area contributed by atoms with Crippen LogP contribution in [0.25, 0.3) is 0 Å². The van der Waals surface area contributed by atoms with Gasteiger partial charge in [0.25, 0.3) is 0 Å². The second-order valence-corrected chi connectivity index (χ2v) is 2.30. The van der Waals surface area contributed by atoms with Crippen molar-refractivity contribution < 1.29 is 9.59 Å². The monoisotopic (exact) mass is 172 g/mol. The van der Waals surface area contributed by atoms with Gasteiger partial charge in [0.15, 0.2) is 11.9 Å². The lowest BCUT2D eigenvalue weighted by Crippen LogP contribution is -2.40. The number of rotatable bonds is 3. The predicted molar refractivity (Wildman–Crippen MR) is 42.1 cm³/mol. The van der Waals surface area contributed by atoms with Crippen molar-refractivity contribution in [3.05, 3.63) is 0 Å². The second-order valence-electron chi connectivity index (χ2n) is 1.93. The molecule has 0 fully saturated rings. The van der Waals surface area contributed by atoms with Gasteiger partial charge in [-0.25, -0.2) is 0 Å². The number of ketones is 1. The molecule has 1 N–H and O–H groups in total. The van der Waals surface area contributed by atoms with E-state index < -0.39 is 11.9 Å². The fourth-order valence-electron chi connectivity index (χ4n) is 0.466. The number of Topliss-reactive ketones (excluding diaryl/α,β-unsaturated/α-hetero) is 1. The van der Waals surface area contributed by atoms with E-state index >= 15 is 0 Å². The standard InChI is InChI=1S/C6H8N2O2S/c1-4(9)5(3-11)8-6(10)2-7/h5,11H,3H2,1H3,(H,8,10)/t5-/m0/s1. The van der Waals surface area contributed by atoms with Gasteiger partial charge in [0.2, 0.25) is 0 Å². The van der Waals surface area contributed by atoms with Crippen molar-refractivity contribution in [2.24, 2.45) is 0 Å². The smallest absolute Gasteiger partial charge is 0.322 e. The molecule has 0 aliphatic carbocycles. The maximum absolute atomic E-state index is 10.7. The molecule has 0 bridgehead atoms. The van der Waals surface area contributed by atoms with Crippen molar-refractivity contribution in [2.75, 3.05) is 5.75 Å². The maximum Gasteiger partial charge on any atom is 0.322 e. The molecule has 4 nitrogen and oxygen atoms in total. The Kier molecular flexibility index (Phi) is 4.30. The van der Waals surface area contributed by atoms with Crippen molar-refractivity contribution in [2.45, 2.75) is 13.0 Å². The molecular formula is C6H8N2O2S. The average molecular weight is 172 g/mol. The van der Waals surface area contributed by atoms with E-state index in [0.29, 0.717) is 0 Å². The molecule has 0 aromatic rings. The molecule has 1 atom stereocenters. The van der Waals surface area contributed by atoms with E-state index in [0.717, 1.165) is 0 Å². The first-order valence-electron chi connectivity index (χ1n) is 2.93. The summed E-state index contributed by atoms with van der Waals surface area (Å²) in [7, 11) is 0. The summed E-state index contributed by atoms with van der Waals surface area (Å²) in [4.78, 5) is 21.1. The van der Waals surface area contributed by atoms with E-state index in [4.69, 9.17) is 5.26 Å². The molecule has 0 saturated carbocycles. The second kappa shape index (κ2) is 4.74. The molecule has 5 heteroatoms. The van der Waals surface area contributed by atoms with Crippen LogP contribution < -0.4 is 5.32 Å². The number of hydrogen-bond donors (Lipinski definition) is 2. The molecule has 0 heterocycles. The van der Waals surface area contributed by atoms with E-state index in [1.807, 2.05) is 0 Å². The van der Waals surface area contributed by atoms with E-state index in [-0.39, 0.29) is 11.5 Å². The van der Waals surface area contributed by atoms with Crippen LogP contribution in [-0.4, -0.2) is 23.5 Å². The van der Waals surface area contributed by atoms with Gasteiger partial charge in [-0.1, -0.05) is 0 Å². The topological polar surface area (TPSA) is 70.0 Å². The Bertz CT molecular complexity index is 209. The average Bonchev–Trinajstić information content (AvgIpc) is 1.99. The molecule has 11 heavy (non-hydrogen) atoms. The van der Waals surface area contributed by atoms with Crippen LogP contribution in [0.4, 0.5) is 0 Å². The molecule has 0 aromatic carbocycles. The van der Waals surface area contributed by atoms with Crippen molar-refractivity contribution in [3.63, 3.8) is 0 Å². The third kappa shape index (κ3) is 3.63. The minimum Gasteiger partial charge on any atom is -0.333 e. The highest BCUT2D eigenvalue weighted by atomic mass is 32.1. The van der Waals surface area contributed by atoms with Gasteiger partial charge in [0.05, 0.1) is 6.04 Å². The predicted octanol–water partition coefficient (Wildman–Crippen LogP) is -0.486. The number of carbonyl (C=O) groups excluding carboxylic acids is 2. The zero-order valence-electron chi connectivity index (χ0n) is 6.00. The van der Waals surface area contributed by atoms with Gasteiger partial charge in [-0.15, -0.1) is 0 Å². The zero-order valence-corrected chi connectivity index (χ0v) is 6.89. The summed E-state index contributed by atoms with van der Waals surface area (Å²) in [6.07, 6.45) is 0. The van der Waals surface area contributed by atoms with Gasteiger partial charge in [0.1, 0.15) is 0 Å². The van der Waals surface area contributed by atoms with Crippen LogP contribution in [0.1, 0.15) is 6.92 Å². The largest absolute Gasteiger partial charge is 0.333 e. The summed E-state index contributed by atoms with van der Waals surface area (Å²) in [6.45, 7) is 1.33. The van der Waals surface area contributed by atoms with Crippen molar-refractivity contribution >= 4 is 24.3 Å². The summed E-state index contributed by atoms with van der Waals surface area (Å²) < 4.78 is 0. The van der Waals surface area contributed by atoms with Crippen molar-refractivity contribution in [3.8, 4) is 6.07 Å². The Morgan fingerprint density at radius 3 is 2.55 bits per heavy atom. The Morgan fingerprint density at radius 2 is 2.27 bits per heavy atom. The Hall–Kier alpha value is -1.02. The lowest BCUT2D eigenvalue weighted by atomic mass is 10.2. The minimum absolute atomic E-state index is 0.205. The molecular weight excluding hydrogens is 164 g/mol. The molecule has 0 saturated heterocycles. The Balaban J connectivity index is 4.01. The Labute approximate surface area is 70.0 Å². The van der Waals surface area contributed by atoms with Gasteiger partial charge in [-0.2, -0.15) is 17.9 Å². The number of hydrogen-bond acceptors (Lipinski definition) is 4. The number of amides is 1. The minimum atomic E-state index is -0.806.